The van der Waals surface area contributed by atoms with Crippen molar-refractivity contribution in [2.75, 3.05) is 19.0 Å². The van der Waals surface area contributed by atoms with Crippen LogP contribution in [0.2, 0.25) is 0 Å². The molecule has 114 valence electrons. The summed E-state index contributed by atoms with van der Waals surface area (Å²) in [6, 6.07) is 5.36. The maximum Gasteiger partial charge on any atom is 0.229 e. The molecule has 7 nitrogen and oxygen atoms in total. The molecule has 1 unspecified atom stereocenters. The van der Waals surface area contributed by atoms with Gasteiger partial charge in [0.1, 0.15) is 12.9 Å². The number of hydrogen-bond donors (Lipinski definition) is 1. The van der Waals surface area contributed by atoms with E-state index in [0.717, 1.165) is 5.56 Å². The van der Waals surface area contributed by atoms with E-state index in [9.17, 15) is 4.79 Å². The smallest absolute Gasteiger partial charge is 0.229 e. The van der Waals surface area contributed by atoms with E-state index >= 15 is 0 Å². The molecular formula is C15H16N4O3. The number of carbonyl (C=O) groups excluding carboxylic acids is 1. The van der Waals surface area contributed by atoms with Crippen molar-refractivity contribution in [1.82, 2.24) is 14.8 Å². The second-order valence-corrected chi connectivity index (χ2v) is 4.81. The van der Waals surface area contributed by atoms with Gasteiger partial charge in [-0.3, -0.25) is 10.1 Å². The van der Waals surface area contributed by atoms with Crippen LogP contribution in [-0.4, -0.2) is 34.4 Å². The first kappa shape index (κ1) is 14.1. The summed E-state index contributed by atoms with van der Waals surface area (Å²) in [4.78, 5) is 15.8. The van der Waals surface area contributed by atoms with Gasteiger partial charge < -0.3 is 9.47 Å². The van der Waals surface area contributed by atoms with E-state index in [1.807, 2.05) is 18.2 Å². The summed E-state index contributed by atoms with van der Waals surface area (Å²) >= 11 is 0. The monoisotopic (exact) mass is 300 g/mol. The zero-order chi connectivity index (χ0) is 15.5. The van der Waals surface area contributed by atoms with Crippen molar-refractivity contribution >= 4 is 11.9 Å². The number of aromatic nitrogens is 3. The van der Waals surface area contributed by atoms with Crippen LogP contribution in [0.15, 0.2) is 37.2 Å². The van der Waals surface area contributed by atoms with Crippen LogP contribution in [0.5, 0.6) is 11.5 Å². The summed E-state index contributed by atoms with van der Waals surface area (Å²) in [7, 11) is 1.58. The van der Waals surface area contributed by atoms with Crippen molar-refractivity contribution in [3.05, 3.63) is 42.7 Å². The molecule has 2 aromatic rings. The van der Waals surface area contributed by atoms with Gasteiger partial charge in [0.15, 0.2) is 11.5 Å². The number of ether oxygens (including phenoxy) is 2. The van der Waals surface area contributed by atoms with Gasteiger partial charge in [-0.25, -0.2) is 4.68 Å². The van der Waals surface area contributed by atoms with Gasteiger partial charge in [-0.05, 0) is 17.7 Å². The summed E-state index contributed by atoms with van der Waals surface area (Å²) in [6.07, 6.45) is 3.39. The predicted molar refractivity (Wildman–Crippen MR) is 80.1 cm³/mol. The van der Waals surface area contributed by atoms with Gasteiger partial charge in [0, 0.05) is 0 Å². The van der Waals surface area contributed by atoms with Gasteiger partial charge in [0.2, 0.25) is 11.9 Å². The lowest BCUT2D eigenvalue weighted by Gasteiger charge is -2.24. The van der Waals surface area contributed by atoms with Crippen LogP contribution in [0.25, 0.3) is 0 Å². The Hall–Kier alpha value is -2.83. The number of hydrogen-bond acceptors (Lipinski definition) is 5. The lowest BCUT2D eigenvalue weighted by atomic mass is 10.0. The van der Waals surface area contributed by atoms with Gasteiger partial charge in [-0.15, -0.1) is 0 Å². The van der Waals surface area contributed by atoms with E-state index < -0.39 is 0 Å². The largest absolute Gasteiger partial charge is 0.493 e. The first-order valence-corrected chi connectivity index (χ1v) is 6.84. The van der Waals surface area contributed by atoms with Crippen LogP contribution in [0, 0.1) is 0 Å². The zero-order valence-corrected chi connectivity index (χ0v) is 12.2. The molecule has 7 heteroatoms. The van der Waals surface area contributed by atoms with Crippen LogP contribution >= 0.6 is 0 Å². The number of benzene rings is 1. The quantitative estimate of drug-likeness (QED) is 0.852. The molecule has 1 N–H and O–H groups in total. The summed E-state index contributed by atoms with van der Waals surface area (Å²) in [6.45, 7) is 4.02. The first-order valence-electron chi connectivity index (χ1n) is 6.84. The Balaban J connectivity index is 1.96. The molecular weight excluding hydrogens is 284 g/mol. The van der Waals surface area contributed by atoms with Crippen molar-refractivity contribution < 1.29 is 14.3 Å². The third-order valence-electron chi connectivity index (χ3n) is 3.43. The van der Waals surface area contributed by atoms with Gasteiger partial charge >= 0.3 is 0 Å². The number of amides is 1. The van der Waals surface area contributed by atoms with Crippen LogP contribution < -0.4 is 14.8 Å². The van der Waals surface area contributed by atoms with E-state index in [1.54, 1.807) is 17.9 Å². The third kappa shape index (κ3) is 2.52. The third-order valence-corrected chi connectivity index (χ3v) is 3.43. The minimum Gasteiger partial charge on any atom is -0.493 e. The summed E-state index contributed by atoms with van der Waals surface area (Å²) in [5.74, 6) is 1.60. The second kappa shape index (κ2) is 5.88. The summed E-state index contributed by atoms with van der Waals surface area (Å²) in [5, 5.41) is 6.87. The molecule has 1 aliphatic rings. The average Bonchev–Trinajstić information content (AvgIpc) is 3.00. The number of methoxy groups -OCH3 is 1. The molecule has 22 heavy (non-hydrogen) atoms. The van der Waals surface area contributed by atoms with Crippen LogP contribution in [0.1, 0.15) is 18.0 Å². The molecule has 0 fully saturated rings. The number of nitrogens with zero attached hydrogens (tertiary/aromatic N) is 3. The fourth-order valence-electron chi connectivity index (χ4n) is 2.42. The van der Waals surface area contributed by atoms with Gasteiger partial charge in [-0.2, -0.15) is 10.1 Å². The highest BCUT2D eigenvalue weighted by molar-refractivity contribution is 5.91. The van der Waals surface area contributed by atoms with E-state index in [2.05, 4.69) is 22.0 Å². The second-order valence-electron chi connectivity index (χ2n) is 4.81. The number of nitrogens with one attached hydrogen (secondary N) is 1. The van der Waals surface area contributed by atoms with E-state index in [1.165, 1.54) is 6.33 Å². The van der Waals surface area contributed by atoms with E-state index in [0.29, 0.717) is 30.5 Å². The predicted octanol–water partition coefficient (Wildman–Crippen LogP) is 1.78. The van der Waals surface area contributed by atoms with E-state index in [4.69, 9.17) is 9.47 Å². The number of fused-ring (bicyclic) bond motifs is 1. The topological polar surface area (TPSA) is 78.3 Å². The zero-order valence-electron chi connectivity index (χ0n) is 12.2. The molecule has 0 bridgehead atoms. The maximum atomic E-state index is 11.8. The minimum absolute atomic E-state index is 0.0866. The number of anilines is 1. The molecule has 2 heterocycles. The highest BCUT2D eigenvalue weighted by atomic mass is 16.5. The number of carbonyl (C=O) groups is 1. The SMILES string of the molecule is C=CCOc1ccc(C2CC(=O)Nc3ncnn32)cc1OC. The lowest BCUT2D eigenvalue weighted by Crippen LogP contribution is -2.29. The molecule has 0 aliphatic carbocycles. The lowest BCUT2D eigenvalue weighted by molar-refractivity contribution is -0.117. The molecule has 0 radical (unpaired) electrons. The minimum atomic E-state index is -0.214. The molecule has 1 aromatic carbocycles. The van der Waals surface area contributed by atoms with Crippen molar-refractivity contribution in [2.45, 2.75) is 12.5 Å². The van der Waals surface area contributed by atoms with Crippen molar-refractivity contribution in [1.29, 1.82) is 0 Å². The van der Waals surface area contributed by atoms with Crippen LogP contribution in [0.3, 0.4) is 0 Å². The Morgan fingerprint density at radius 3 is 3.14 bits per heavy atom. The average molecular weight is 300 g/mol. The molecule has 0 saturated carbocycles. The van der Waals surface area contributed by atoms with Crippen LogP contribution in [-0.2, 0) is 4.79 Å². The molecule has 1 aliphatic heterocycles. The van der Waals surface area contributed by atoms with Gasteiger partial charge in [-0.1, -0.05) is 18.7 Å². The Morgan fingerprint density at radius 2 is 2.36 bits per heavy atom. The summed E-state index contributed by atoms with van der Waals surface area (Å²) in [5.41, 5.74) is 0.907. The van der Waals surface area contributed by atoms with Crippen LogP contribution in [0.4, 0.5) is 5.95 Å². The van der Waals surface area contributed by atoms with Crippen molar-refractivity contribution in [3.63, 3.8) is 0 Å². The normalized spacial score (nSPS) is 16.6. The fraction of sp³-hybridized carbons (Fsp3) is 0.267. The van der Waals surface area contributed by atoms with Crippen molar-refractivity contribution in [2.24, 2.45) is 0 Å². The molecule has 0 saturated heterocycles. The highest BCUT2D eigenvalue weighted by Crippen LogP contribution is 2.34. The standard InChI is InChI=1S/C15H16N4O3/c1-3-6-22-12-5-4-10(7-13(12)21-2)11-8-14(20)18-15-16-9-17-19(11)15/h3-5,7,9,11H,1,6,8H2,2H3,(H,16,17,18,20). The molecule has 1 aromatic heterocycles. The molecule has 1 atom stereocenters. The maximum absolute atomic E-state index is 11.8. The Morgan fingerprint density at radius 1 is 1.50 bits per heavy atom. The summed E-state index contributed by atoms with van der Waals surface area (Å²) < 4.78 is 12.6. The van der Waals surface area contributed by atoms with Gasteiger partial charge in [0.05, 0.1) is 19.6 Å². The first-order chi connectivity index (χ1) is 10.7. The van der Waals surface area contributed by atoms with Crippen molar-refractivity contribution in [3.8, 4) is 11.5 Å². The Kier molecular flexibility index (Phi) is 3.78. The highest BCUT2D eigenvalue weighted by Gasteiger charge is 2.28. The van der Waals surface area contributed by atoms with E-state index in [-0.39, 0.29) is 11.9 Å². The number of rotatable bonds is 5. The molecule has 0 spiro atoms. The Bertz CT molecular complexity index is 711. The Labute approximate surface area is 127 Å². The molecule has 1 amide bonds. The molecule has 3 rings (SSSR count). The fourth-order valence-corrected chi connectivity index (χ4v) is 2.42. The van der Waals surface area contributed by atoms with Gasteiger partial charge in [0.25, 0.3) is 0 Å².